The highest BCUT2D eigenvalue weighted by Crippen LogP contribution is 2.19. The van der Waals surface area contributed by atoms with Crippen molar-refractivity contribution in [2.45, 2.75) is 19.8 Å². The zero-order valence-electron chi connectivity index (χ0n) is 16.1. The predicted octanol–water partition coefficient (Wildman–Crippen LogP) is 2.12. The molecule has 1 aliphatic heterocycles. The molecule has 0 saturated carbocycles. The Balaban J connectivity index is 1.63. The topological polar surface area (TPSA) is 63.7 Å². The van der Waals surface area contributed by atoms with Gasteiger partial charge >= 0.3 is 0 Å². The van der Waals surface area contributed by atoms with E-state index >= 15 is 0 Å². The van der Waals surface area contributed by atoms with Gasteiger partial charge in [0.25, 0.3) is 0 Å². The summed E-state index contributed by atoms with van der Waals surface area (Å²) >= 11 is 0. The Morgan fingerprint density at radius 3 is 2.18 bits per heavy atom. The van der Waals surface area contributed by atoms with E-state index in [1.807, 2.05) is 0 Å². The van der Waals surface area contributed by atoms with Gasteiger partial charge in [0, 0.05) is 43.5 Å². The van der Waals surface area contributed by atoms with Gasteiger partial charge in [0.1, 0.15) is 0 Å². The van der Waals surface area contributed by atoms with Crippen LogP contribution in [0.3, 0.4) is 0 Å². The molecule has 0 radical (unpaired) electrons. The average molecular weight is 377 g/mol. The molecular formula is C23H25N2O3-. The van der Waals surface area contributed by atoms with E-state index in [-0.39, 0.29) is 11.5 Å². The first-order valence-electron chi connectivity index (χ1n) is 9.69. The molecule has 1 heterocycles. The number of anilines is 1. The lowest BCUT2D eigenvalue weighted by Crippen LogP contribution is -2.48. The van der Waals surface area contributed by atoms with E-state index in [0.717, 1.165) is 31.6 Å². The Morgan fingerprint density at radius 1 is 0.964 bits per heavy atom. The molecule has 2 aromatic rings. The molecule has 0 bridgehead atoms. The molecule has 2 aromatic carbocycles. The second-order valence-corrected chi connectivity index (χ2v) is 6.94. The quantitative estimate of drug-likeness (QED) is 0.724. The lowest BCUT2D eigenvalue weighted by molar-refractivity contribution is -0.295. The molecule has 1 aliphatic rings. The Hall–Kier alpha value is -3.08. The normalized spacial score (nSPS) is 14.8. The van der Waals surface area contributed by atoms with Crippen LogP contribution < -0.4 is 10.0 Å². The third-order valence-electron chi connectivity index (χ3n) is 5.00. The number of hydrogen-bond donors (Lipinski definition) is 0. The molecule has 5 heteroatoms. The maximum atomic E-state index is 12.6. The summed E-state index contributed by atoms with van der Waals surface area (Å²) in [6, 6.07) is 17.2. The van der Waals surface area contributed by atoms with Crippen LogP contribution in [0.1, 0.15) is 24.5 Å². The molecule has 146 valence electrons. The molecule has 0 N–H and O–H groups in total. The van der Waals surface area contributed by atoms with E-state index in [1.165, 1.54) is 11.6 Å². The van der Waals surface area contributed by atoms with E-state index in [2.05, 4.69) is 36.1 Å². The van der Waals surface area contributed by atoms with Gasteiger partial charge in [-0.05, 0) is 29.7 Å². The summed E-state index contributed by atoms with van der Waals surface area (Å²) < 4.78 is 0. The average Bonchev–Trinajstić information content (AvgIpc) is 2.73. The predicted molar refractivity (Wildman–Crippen MR) is 109 cm³/mol. The van der Waals surface area contributed by atoms with Gasteiger partial charge < -0.3 is 19.7 Å². The molecule has 1 fully saturated rings. The summed E-state index contributed by atoms with van der Waals surface area (Å²) in [6.07, 6.45) is 3.39. The summed E-state index contributed by atoms with van der Waals surface area (Å²) in [7, 11) is 0. The number of aryl methyl sites for hydroxylation is 1. The third kappa shape index (κ3) is 4.80. The van der Waals surface area contributed by atoms with Crippen LogP contribution in [0.5, 0.6) is 0 Å². The van der Waals surface area contributed by atoms with Gasteiger partial charge in [0.2, 0.25) is 5.91 Å². The van der Waals surface area contributed by atoms with Gasteiger partial charge in [-0.1, -0.05) is 55.8 Å². The van der Waals surface area contributed by atoms with Crippen molar-refractivity contribution in [2.24, 2.45) is 0 Å². The van der Waals surface area contributed by atoms with Crippen LogP contribution in [0, 0.1) is 0 Å². The molecule has 0 unspecified atom stereocenters. The first-order valence-corrected chi connectivity index (χ1v) is 9.69. The largest absolute Gasteiger partial charge is 0.545 e. The summed E-state index contributed by atoms with van der Waals surface area (Å²) in [5, 5.41) is 11.5. The highest BCUT2D eigenvalue weighted by atomic mass is 16.4. The number of benzene rings is 2. The Morgan fingerprint density at radius 2 is 1.61 bits per heavy atom. The van der Waals surface area contributed by atoms with Crippen molar-refractivity contribution in [3.63, 3.8) is 0 Å². The maximum absolute atomic E-state index is 12.6. The van der Waals surface area contributed by atoms with E-state index < -0.39 is 5.97 Å². The number of carbonyl (C=O) groups excluding carboxylic acids is 2. The Kier molecular flexibility index (Phi) is 6.48. The van der Waals surface area contributed by atoms with Gasteiger partial charge in [-0.2, -0.15) is 0 Å². The fraction of sp³-hybridized carbons (Fsp3) is 0.304. The van der Waals surface area contributed by atoms with Crippen LogP contribution in [0.2, 0.25) is 0 Å². The number of amides is 1. The van der Waals surface area contributed by atoms with E-state index in [1.54, 1.807) is 35.2 Å². The van der Waals surface area contributed by atoms with Crippen molar-refractivity contribution in [1.29, 1.82) is 0 Å². The monoisotopic (exact) mass is 377 g/mol. The number of hydrogen-bond acceptors (Lipinski definition) is 4. The lowest BCUT2D eigenvalue weighted by atomic mass is 10.1. The smallest absolute Gasteiger partial charge is 0.247 e. The minimum Gasteiger partial charge on any atom is -0.545 e. The third-order valence-corrected chi connectivity index (χ3v) is 5.00. The Bertz CT molecular complexity index is 836. The van der Waals surface area contributed by atoms with Crippen LogP contribution in [-0.2, 0) is 16.0 Å². The summed E-state index contributed by atoms with van der Waals surface area (Å²) in [6.45, 7) is 4.72. The standard InChI is InChI=1S/C23H26N2O3/c1-2-6-18-9-11-20(12-10-18)24-13-15-25(16-14-24)22(26)17-21(23(27)28)19-7-4-3-5-8-19/h3-5,7-12,17H,2,6,13-16H2,1H3,(H,27,28)/p-1. The fourth-order valence-electron chi connectivity index (χ4n) is 3.44. The number of piperazine rings is 1. The number of rotatable bonds is 6. The SMILES string of the molecule is CCCc1ccc(N2CCN(C(=O)C=C(C(=O)[O-])c3ccccc3)CC2)cc1. The van der Waals surface area contributed by atoms with Crippen LogP contribution in [0.15, 0.2) is 60.7 Å². The van der Waals surface area contributed by atoms with Crippen LogP contribution >= 0.6 is 0 Å². The van der Waals surface area contributed by atoms with Crippen molar-refractivity contribution >= 4 is 23.1 Å². The zero-order valence-corrected chi connectivity index (χ0v) is 16.1. The molecule has 0 atom stereocenters. The van der Waals surface area contributed by atoms with Crippen molar-refractivity contribution in [3.05, 3.63) is 71.8 Å². The number of carboxylic acids is 1. The van der Waals surface area contributed by atoms with Crippen molar-refractivity contribution < 1.29 is 14.7 Å². The van der Waals surface area contributed by atoms with Gasteiger partial charge in [0.05, 0.1) is 5.97 Å². The highest BCUT2D eigenvalue weighted by Gasteiger charge is 2.21. The van der Waals surface area contributed by atoms with Crippen LogP contribution in [0.25, 0.3) is 5.57 Å². The molecule has 1 amide bonds. The minimum atomic E-state index is -1.34. The molecule has 28 heavy (non-hydrogen) atoms. The molecule has 5 nitrogen and oxygen atoms in total. The van der Waals surface area contributed by atoms with Crippen LogP contribution in [0.4, 0.5) is 5.69 Å². The zero-order chi connectivity index (χ0) is 19.9. The van der Waals surface area contributed by atoms with Crippen LogP contribution in [-0.4, -0.2) is 43.0 Å². The Labute approximate surface area is 165 Å². The number of aliphatic carboxylic acids is 1. The van der Waals surface area contributed by atoms with Crippen molar-refractivity contribution in [2.75, 3.05) is 31.1 Å². The molecule has 3 rings (SSSR count). The first kappa shape index (κ1) is 19.7. The number of carboxylic acid groups (broad SMARTS) is 1. The van der Waals surface area contributed by atoms with Gasteiger partial charge in [0.15, 0.2) is 0 Å². The van der Waals surface area contributed by atoms with Gasteiger partial charge in [-0.3, -0.25) is 4.79 Å². The fourth-order valence-corrected chi connectivity index (χ4v) is 3.44. The second kappa shape index (κ2) is 9.22. The highest BCUT2D eigenvalue weighted by molar-refractivity contribution is 6.19. The maximum Gasteiger partial charge on any atom is 0.247 e. The number of nitrogens with zero attached hydrogens (tertiary/aromatic N) is 2. The van der Waals surface area contributed by atoms with Gasteiger partial charge in [-0.15, -0.1) is 0 Å². The minimum absolute atomic E-state index is 0.0838. The molecular weight excluding hydrogens is 352 g/mol. The lowest BCUT2D eigenvalue weighted by Gasteiger charge is -2.36. The van der Waals surface area contributed by atoms with E-state index in [0.29, 0.717) is 18.7 Å². The number of carbonyl (C=O) groups is 2. The van der Waals surface area contributed by atoms with Crippen molar-refractivity contribution in [3.8, 4) is 0 Å². The summed E-state index contributed by atoms with van der Waals surface area (Å²) in [5.74, 6) is -1.63. The first-order chi connectivity index (χ1) is 13.6. The van der Waals surface area contributed by atoms with Crippen molar-refractivity contribution in [1.82, 2.24) is 4.90 Å². The second-order valence-electron chi connectivity index (χ2n) is 6.94. The van der Waals surface area contributed by atoms with Gasteiger partial charge in [-0.25, -0.2) is 0 Å². The molecule has 0 spiro atoms. The molecule has 1 saturated heterocycles. The summed E-state index contributed by atoms with van der Waals surface area (Å²) in [5.41, 5.74) is 2.88. The molecule has 0 aromatic heterocycles. The summed E-state index contributed by atoms with van der Waals surface area (Å²) in [4.78, 5) is 28.0. The van der Waals surface area contributed by atoms with E-state index in [4.69, 9.17) is 0 Å². The molecule has 0 aliphatic carbocycles. The van der Waals surface area contributed by atoms with E-state index in [9.17, 15) is 14.7 Å².